The fraction of sp³-hybridized carbons (Fsp3) is 0. The molecule has 0 bridgehead atoms. The van der Waals surface area contributed by atoms with Crippen LogP contribution >= 0.6 is 0 Å². The molecule has 4 rings (SSSR count). The average molecular weight is 274 g/mol. The summed E-state index contributed by atoms with van der Waals surface area (Å²) in [4.78, 5) is 12.7. The molecule has 0 atom stereocenters. The van der Waals surface area contributed by atoms with Crippen LogP contribution in [0.3, 0.4) is 0 Å². The van der Waals surface area contributed by atoms with Crippen molar-refractivity contribution in [3.05, 3.63) is 83.7 Å². The van der Waals surface area contributed by atoms with Gasteiger partial charge >= 0.3 is 0 Å². The molecule has 1 nitrogen and oxygen atoms in total. The maximum atomic E-state index is 13.1. The van der Waals surface area contributed by atoms with Crippen LogP contribution in [0.1, 0.15) is 15.9 Å². The van der Waals surface area contributed by atoms with Crippen LogP contribution in [0.4, 0.5) is 4.39 Å². The summed E-state index contributed by atoms with van der Waals surface area (Å²) in [6, 6.07) is 19.7. The van der Waals surface area contributed by atoms with E-state index in [1.807, 2.05) is 42.5 Å². The highest BCUT2D eigenvalue weighted by Crippen LogP contribution is 2.41. The van der Waals surface area contributed by atoms with Crippen LogP contribution < -0.4 is 0 Å². The number of carbonyl (C=O) groups is 1. The van der Waals surface area contributed by atoms with Crippen molar-refractivity contribution in [2.45, 2.75) is 0 Å². The molecule has 0 radical (unpaired) electrons. The molecule has 3 aromatic rings. The van der Waals surface area contributed by atoms with Crippen molar-refractivity contribution in [1.29, 1.82) is 0 Å². The third kappa shape index (κ3) is 1.73. The van der Waals surface area contributed by atoms with Gasteiger partial charge in [0.2, 0.25) is 0 Å². The third-order valence-corrected chi connectivity index (χ3v) is 3.91. The minimum atomic E-state index is -0.277. The lowest BCUT2D eigenvalue weighted by Crippen LogP contribution is -1.98. The van der Waals surface area contributed by atoms with Crippen LogP contribution in [0, 0.1) is 5.82 Å². The SMILES string of the molecule is O=C1c2ccccc2-c2cccc(-c3ccc(F)cc3)c21. The fourth-order valence-electron chi connectivity index (χ4n) is 2.94. The second-order valence-electron chi connectivity index (χ2n) is 5.11. The highest BCUT2D eigenvalue weighted by Gasteiger charge is 2.28. The van der Waals surface area contributed by atoms with Gasteiger partial charge in [0.25, 0.3) is 0 Å². The molecule has 0 aliphatic heterocycles. The lowest BCUT2D eigenvalue weighted by molar-refractivity contribution is 0.104. The van der Waals surface area contributed by atoms with E-state index < -0.39 is 0 Å². The lowest BCUT2D eigenvalue weighted by atomic mass is 9.95. The van der Waals surface area contributed by atoms with Gasteiger partial charge in [-0.1, -0.05) is 54.6 Å². The van der Waals surface area contributed by atoms with Crippen LogP contribution in [-0.2, 0) is 0 Å². The van der Waals surface area contributed by atoms with Crippen LogP contribution in [0.5, 0.6) is 0 Å². The molecule has 0 heterocycles. The topological polar surface area (TPSA) is 17.1 Å². The number of carbonyl (C=O) groups excluding carboxylic acids is 1. The number of benzene rings is 3. The van der Waals surface area contributed by atoms with Gasteiger partial charge in [0.05, 0.1) is 0 Å². The normalized spacial score (nSPS) is 12.1. The average Bonchev–Trinajstić information content (AvgIpc) is 2.82. The molecule has 0 unspecified atom stereocenters. The molecule has 0 fully saturated rings. The molecule has 21 heavy (non-hydrogen) atoms. The van der Waals surface area contributed by atoms with E-state index in [-0.39, 0.29) is 11.6 Å². The van der Waals surface area contributed by atoms with Crippen LogP contribution in [0.25, 0.3) is 22.3 Å². The van der Waals surface area contributed by atoms with Gasteiger partial charge in [-0.05, 0) is 34.4 Å². The van der Waals surface area contributed by atoms with Gasteiger partial charge < -0.3 is 0 Å². The molecule has 100 valence electrons. The Hall–Kier alpha value is -2.74. The first-order chi connectivity index (χ1) is 10.3. The molecule has 0 aromatic heterocycles. The molecule has 1 aliphatic rings. The van der Waals surface area contributed by atoms with E-state index in [1.165, 1.54) is 12.1 Å². The summed E-state index contributed by atoms with van der Waals surface area (Å²) >= 11 is 0. The summed E-state index contributed by atoms with van der Waals surface area (Å²) in [5, 5.41) is 0. The Morgan fingerprint density at radius 1 is 0.619 bits per heavy atom. The molecular weight excluding hydrogens is 263 g/mol. The third-order valence-electron chi connectivity index (χ3n) is 3.91. The zero-order valence-electron chi connectivity index (χ0n) is 11.1. The predicted octanol–water partition coefficient (Wildman–Crippen LogP) is 4.70. The van der Waals surface area contributed by atoms with Crippen molar-refractivity contribution in [1.82, 2.24) is 0 Å². The Balaban J connectivity index is 1.98. The molecule has 3 aromatic carbocycles. The number of halogens is 1. The summed E-state index contributed by atoms with van der Waals surface area (Å²) in [5.74, 6) is -0.235. The maximum Gasteiger partial charge on any atom is 0.194 e. The zero-order chi connectivity index (χ0) is 14.4. The molecule has 2 heteroatoms. The number of fused-ring (bicyclic) bond motifs is 3. The van der Waals surface area contributed by atoms with Crippen LogP contribution in [-0.4, -0.2) is 5.78 Å². The Morgan fingerprint density at radius 3 is 2.00 bits per heavy atom. The standard InChI is InChI=1S/C19H11FO/c20-13-10-8-12(9-11-13)14-6-3-7-16-15-4-1-2-5-17(15)19(21)18(14)16/h1-11H. The molecule has 0 saturated heterocycles. The van der Waals surface area contributed by atoms with E-state index in [1.54, 1.807) is 12.1 Å². The van der Waals surface area contributed by atoms with Crippen molar-refractivity contribution >= 4 is 5.78 Å². The monoisotopic (exact) mass is 274 g/mol. The second kappa shape index (κ2) is 4.38. The van der Waals surface area contributed by atoms with Gasteiger partial charge in [-0.15, -0.1) is 0 Å². The molecule has 0 N–H and O–H groups in total. The Labute approximate surface area is 121 Å². The van der Waals surface area contributed by atoms with Gasteiger partial charge in [0.1, 0.15) is 5.82 Å². The molecule has 0 saturated carbocycles. The quantitative estimate of drug-likeness (QED) is 0.491. The van der Waals surface area contributed by atoms with Gasteiger partial charge in [-0.25, -0.2) is 4.39 Å². The van der Waals surface area contributed by atoms with Gasteiger partial charge in [0, 0.05) is 11.1 Å². The first-order valence-electron chi connectivity index (χ1n) is 6.79. The highest BCUT2D eigenvalue weighted by atomic mass is 19.1. The number of rotatable bonds is 1. The van der Waals surface area contributed by atoms with E-state index >= 15 is 0 Å². The van der Waals surface area contributed by atoms with E-state index in [2.05, 4.69) is 0 Å². The number of hydrogen-bond donors (Lipinski definition) is 0. The molecule has 1 aliphatic carbocycles. The van der Waals surface area contributed by atoms with Crippen molar-refractivity contribution in [3.63, 3.8) is 0 Å². The minimum Gasteiger partial charge on any atom is -0.289 e. The van der Waals surface area contributed by atoms with Crippen molar-refractivity contribution in [2.24, 2.45) is 0 Å². The first kappa shape index (κ1) is 12.0. The van der Waals surface area contributed by atoms with Crippen molar-refractivity contribution in [2.75, 3.05) is 0 Å². The van der Waals surface area contributed by atoms with Crippen molar-refractivity contribution in [3.8, 4) is 22.3 Å². The highest BCUT2D eigenvalue weighted by molar-refractivity contribution is 6.24. The Morgan fingerprint density at radius 2 is 1.24 bits per heavy atom. The summed E-state index contributed by atoms with van der Waals surface area (Å²) < 4.78 is 13.1. The zero-order valence-corrected chi connectivity index (χ0v) is 11.1. The van der Waals surface area contributed by atoms with Crippen molar-refractivity contribution < 1.29 is 9.18 Å². The summed E-state index contributed by atoms with van der Waals surface area (Å²) in [5.41, 5.74) is 5.09. The smallest absolute Gasteiger partial charge is 0.194 e. The lowest BCUT2D eigenvalue weighted by Gasteiger charge is -2.07. The van der Waals surface area contributed by atoms with Crippen LogP contribution in [0.15, 0.2) is 66.7 Å². The summed E-state index contributed by atoms with van der Waals surface area (Å²) in [6.45, 7) is 0. The van der Waals surface area contributed by atoms with Gasteiger partial charge in [0.15, 0.2) is 5.78 Å². The van der Waals surface area contributed by atoms with E-state index in [4.69, 9.17) is 0 Å². The number of hydrogen-bond acceptors (Lipinski definition) is 1. The fourth-order valence-corrected chi connectivity index (χ4v) is 2.94. The van der Waals surface area contributed by atoms with Gasteiger partial charge in [-0.2, -0.15) is 0 Å². The Bertz CT molecular complexity index is 863. The molecule has 0 spiro atoms. The van der Waals surface area contributed by atoms with E-state index in [9.17, 15) is 9.18 Å². The molecular formula is C19H11FO. The number of ketones is 1. The van der Waals surface area contributed by atoms with Gasteiger partial charge in [-0.3, -0.25) is 4.79 Å². The van der Waals surface area contributed by atoms with Crippen LogP contribution in [0.2, 0.25) is 0 Å². The maximum absolute atomic E-state index is 13.1. The van der Waals surface area contributed by atoms with E-state index in [0.717, 1.165) is 27.8 Å². The minimum absolute atomic E-state index is 0.0422. The van der Waals surface area contributed by atoms with E-state index in [0.29, 0.717) is 5.56 Å². The first-order valence-corrected chi connectivity index (χ1v) is 6.79. The largest absolute Gasteiger partial charge is 0.289 e. The summed E-state index contributed by atoms with van der Waals surface area (Å²) in [6.07, 6.45) is 0. The predicted molar refractivity (Wildman–Crippen MR) is 80.7 cm³/mol. The Kier molecular flexibility index (Phi) is 2.51. The molecule has 0 amide bonds. The summed E-state index contributed by atoms with van der Waals surface area (Å²) in [7, 11) is 0. The second-order valence-corrected chi connectivity index (χ2v) is 5.11.